The Morgan fingerprint density at radius 2 is 1.72 bits per heavy atom. The zero-order chi connectivity index (χ0) is 22.2. The Labute approximate surface area is 186 Å². The lowest BCUT2D eigenvalue weighted by Gasteiger charge is -2.37. The molecule has 3 saturated carbocycles. The molecule has 172 valence electrons. The van der Waals surface area contributed by atoms with Crippen LogP contribution in [-0.2, 0) is 6.18 Å². The van der Waals surface area contributed by atoms with E-state index in [1.807, 2.05) is 6.20 Å². The number of nitrogens with zero attached hydrogens (tertiary/aromatic N) is 5. The Kier molecular flexibility index (Phi) is 4.70. The molecule has 4 fully saturated rings. The normalized spacial score (nSPS) is 31.2. The van der Waals surface area contributed by atoms with Crippen LogP contribution in [0, 0.1) is 18.8 Å². The highest BCUT2D eigenvalue weighted by Gasteiger charge is 2.59. The molecule has 0 N–H and O–H groups in total. The van der Waals surface area contributed by atoms with Gasteiger partial charge in [0, 0.05) is 67.8 Å². The molecular formula is C24H30F3N5. The summed E-state index contributed by atoms with van der Waals surface area (Å²) in [6.07, 6.45) is 3.87. The highest BCUT2D eigenvalue weighted by molar-refractivity contribution is 5.59. The van der Waals surface area contributed by atoms with Crippen molar-refractivity contribution in [2.45, 2.75) is 56.8 Å². The van der Waals surface area contributed by atoms with Crippen LogP contribution >= 0.6 is 0 Å². The number of fused-ring (bicyclic) bond motifs is 1. The highest BCUT2D eigenvalue weighted by Crippen LogP contribution is 2.62. The van der Waals surface area contributed by atoms with Crippen molar-refractivity contribution >= 4 is 0 Å². The van der Waals surface area contributed by atoms with Gasteiger partial charge in [-0.05, 0) is 57.6 Å². The summed E-state index contributed by atoms with van der Waals surface area (Å²) in [7, 11) is 2.19. The summed E-state index contributed by atoms with van der Waals surface area (Å²) in [5.41, 5.74) is 0.431. The van der Waals surface area contributed by atoms with Crippen molar-refractivity contribution < 1.29 is 13.2 Å². The number of likely N-dealkylation sites (N-methyl/N-ethyl adjacent to an activating group) is 1. The molecule has 32 heavy (non-hydrogen) atoms. The van der Waals surface area contributed by atoms with Crippen molar-refractivity contribution in [1.29, 1.82) is 0 Å². The third-order valence-electron chi connectivity index (χ3n) is 8.14. The fourth-order valence-electron chi connectivity index (χ4n) is 6.07. The minimum atomic E-state index is -4.40. The van der Waals surface area contributed by atoms with Crippen molar-refractivity contribution in [2.75, 3.05) is 33.2 Å². The fraction of sp³-hybridized carbons (Fsp3) is 0.667. The van der Waals surface area contributed by atoms with E-state index < -0.39 is 11.7 Å². The second kappa shape index (κ2) is 7.29. The van der Waals surface area contributed by atoms with Crippen LogP contribution in [0.15, 0.2) is 18.5 Å². The maximum atomic E-state index is 13.4. The topological polar surface area (TPSA) is 37.2 Å². The molecule has 3 heterocycles. The number of pyridine rings is 1. The summed E-state index contributed by atoms with van der Waals surface area (Å²) in [4.78, 5) is 13.9. The number of piperazine rings is 1. The first-order chi connectivity index (χ1) is 15.3. The average Bonchev–Trinajstić information content (AvgIpc) is 3.62. The molecule has 4 aliphatic rings. The minimum absolute atomic E-state index is 0.00905. The van der Waals surface area contributed by atoms with E-state index in [2.05, 4.69) is 26.4 Å². The summed E-state index contributed by atoms with van der Waals surface area (Å²) < 4.78 is 42.5. The van der Waals surface area contributed by atoms with Crippen LogP contribution in [-0.4, -0.2) is 63.6 Å². The van der Waals surface area contributed by atoms with E-state index in [-0.39, 0.29) is 5.69 Å². The lowest BCUT2D eigenvalue weighted by atomic mass is 10.1. The summed E-state index contributed by atoms with van der Waals surface area (Å²) in [6, 6.07) is 2.37. The summed E-state index contributed by atoms with van der Waals surface area (Å²) in [5, 5.41) is 0. The van der Waals surface area contributed by atoms with E-state index in [0.29, 0.717) is 41.1 Å². The van der Waals surface area contributed by atoms with Crippen LogP contribution in [0.5, 0.6) is 0 Å². The van der Waals surface area contributed by atoms with Crippen LogP contribution in [0.2, 0.25) is 0 Å². The molecule has 0 bridgehead atoms. The lowest BCUT2D eigenvalue weighted by molar-refractivity contribution is -0.138. The number of aryl methyl sites for hydroxylation is 1. The first kappa shape index (κ1) is 20.7. The Hall–Kier alpha value is -1.93. The molecule has 4 atom stereocenters. The first-order valence-electron chi connectivity index (χ1n) is 11.8. The minimum Gasteiger partial charge on any atom is -0.330 e. The zero-order valence-electron chi connectivity index (χ0n) is 18.6. The molecule has 1 aliphatic heterocycles. The number of hydrogen-bond acceptors (Lipinski definition) is 4. The monoisotopic (exact) mass is 445 g/mol. The van der Waals surface area contributed by atoms with Crippen LogP contribution in [0.3, 0.4) is 0 Å². The van der Waals surface area contributed by atoms with Crippen LogP contribution in [0.1, 0.15) is 54.7 Å². The van der Waals surface area contributed by atoms with Gasteiger partial charge in [-0.15, -0.1) is 0 Å². The van der Waals surface area contributed by atoms with Gasteiger partial charge in [-0.25, -0.2) is 4.98 Å². The van der Waals surface area contributed by atoms with E-state index in [9.17, 15) is 13.2 Å². The van der Waals surface area contributed by atoms with E-state index in [1.165, 1.54) is 32.0 Å². The molecule has 0 radical (unpaired) electrons. The second-order valence-corrected chi connectivity index (χ2v) is 10.3. The van der Waals surface area contributed by atoms with Gasteiger partial charge < -0.3 is 9.47 Å². The van der Waals surface area contributed by atoms with Crippen LogP contribution in [0.4, 0.5) is 13.2 Å². The summed E-state index contributed by atoms with van der Waals surface area (Å²) >= 11 is 0. The number of aromatic nitrogens is 3. The molecule has 0 spiro atoms. The SMILES string of the molecule is Cc1ncc(-c2cn([C@H]3[C@@H]4CC(N5CCN(C)CC5)C[C@@H]43)c(C3CC3)n2)cc1C(F)(F)F. The maximum Gasteiger partial charge on any atom is 0.418 e. The smallest absolute Gasteiger partial charge is 0.330 e. The van der Waals surface area contributed by atoms with Gasteiger partial charge in [-0.3, -0.25) is 9.88 Å². The van der Waals surface area contributed by atoms with Crippen LogP contribution < -0.4 is 0 Å². The molecule has 0 aromatic carbocycles. The van der Waals surface area contributed by atoms with Crippen molar-refractivity contribution in [3.05, 3.63) is 35.5 Å². The van der Waals surface area contributed by atoms with E-state index in [0.717, 1.165) is 44.8 Å². The predicted octanol–water partition coefficient (Wildman–Crippen LogP) is 4.35. The number of rotatable bonds is 4. The quantitative estimate of drug-likeness (QED) is 0.702. The van der Waals surface area contributed by atoms with Gasteiger partial charge >= 0.3 is 6.18 Å². The Balaban J connectivity index is 1.23. The van der Waals surface area contributed by atoms with Gasteiger partial charge in [-0.2, -0.15) is 13.2 Å². The first-order valence-corrected chi connectivity index (χ1v) is 11.8. The Morgan fingerprint density at radius 3 is 2.34 bits per heavy atom. The zero-order valence-corrected chi connectivity index (χ0v) is 18.6. The molecule has 0 amide bonds. The van der Waals surface area contributed by atoms with Crippen molar-refractivity contribution in [2.24, 2.45) is 11.8 Å². The number of alkyl halides is 3. The third-order valence-corrected chi connectivity index (χ3v) is 8.14. The maximum absolute atomic E-state index is 13.4. The average molecular weight is 446 g/mol. The predicted molar refractivity (Wildman–Crippen MR) is 115 cm³/mol. The van der Waals surface area contributed by atoms with E-state index >= 15 is 0 Å². The molecule has 1 unspecified atom stereocenters. The lowest BCUT2D eigenvalue weighted by Crippen LogP contribution is -2.48. The van der Waals surface area contributed by atoms with Gasteiger partial charge in [0.15, 0.2) is 0 Å². The highest BCUT2D eigenvalue weighted by atomic mass is 19.4. The number of imidazole rings is 1. The van der Waals surface area contributed by atoms with Crippen molar-refractivity contribution in [3.63, 3.8) is 0 Å². The molecule has 1 saturated heterocycles. The molecular weight excluding hydrogens is 415 g/mol. The van der Waals surface area contributed by atoms with Crippen LogP contribution in [0.25, 0.3) is 11.3 Å². The molecule has 8 heteroatoms. The van der Waals surface area contributed by atoms with E-state index in [1.54, 1.807) is 0 Å². The second-order valence-electron chi connectivity index (χ2n) is 10.3. The third kappa shape index (κ3) is 3.55. The molecule has 2 aromatic rings. The Bertz CT molecular complexity index is 1010. The van der Waals surface area contributed by atoms with Gasteiger partial charge in [0.05, 0.1) is 11.3 Å². The fourth-order valence-corrected chi connectivity index (χ4v) is 6.07. The number of halogens is 3. The number of hydrogen-bond donors (Lipinski definition) is 0. The van der Waals surface area contributed by atoms with E-state index in [4.69, 9.17) is 4.98 Å². The van der Waals surface area contributed by atoms with Crippen molar-refractivity contribution in [3.8, 4) is 11.3 Å². The van der Waals surface area contributed by atoms with Crippen molar-refractivity contribution in [1.82, 2.24) is 24.3 Å². The van der Waals surface area contributed by atoms with Gasteiger partial charge in [-0.1, -0.05) is 0 Å². The standard InChI is InChI=1S/C24H30F3N5/c1-14-20(24(25,26)27)9-16(12-28-14)21-13-32(23(29-21)15-3-4-15)22-18-10-17(11-19(18)22)31-7-5-30(2)6-8-31/h9,12-13,15,17-19,22H,3-8,10-11H2,1-2H3/t17?,18-,19+,22+. The van der Waals surface area contributed by atoms with Gasteiger partial charge in [0.25, 0.3) is 0 Å². The van der Waals surface area contributed by atoms with Gasteiger partial charge in [0.2, 0.25) is 0 Å². The largest absolute Gasteiger partial charge is 0.418 e. The van der Waals surface area contributed by atoms with Gasteiger partial charge in [0.1, 0.15) is 5.82 Å². The Morgan fingerprint density at radius 1 is 1.03 bits per heavy atom. The molecule has 3 aliphatic carbocycles. The summed E-state index contributed by atoms with van der Waals surface area (Å²) in [6.45, 7) is 6.03. The molecule has 5 nitrogen and oxygen atoms in total. The molecule has 2 aromatic heterocycles. The molecule has 6 rings (SSSR count). The summed E-state index contributed by atoms with van der Waals surface area (Å²) in [5.74, 6) is 2.89.